The van der Waals surface area contributed by atoms with Crippen LogP contribution in [0.15, 0.2) is 55.1 Å². The Morgan fingerprint density at radius 1 is 1.27 bits per heavy atom. The number of anilines is 1. The summed E-state index contributed by atoms with van der Waals surface area (Å²) in [6.45, 7) is 1.24. The number of ketones is 1. The number of hydrogen-bond acceptors (Lipinski definition) is 8. The topological polar surface area (TPSA) is 108 Å². The predicted octanol–water partition coefficient (Wildman–Crippen LogP) is 3.07. The maximum atomic E-state index is 13.1. The van der Waals surface area contributed by atoms with Crippen LogP contribution in [0.1, 0.15) is 40.9 Å². The van der Waals surface area contributed by atoms with Crippen LogP contribution in [0.2, 0.25) is 0 Å². The highest BCUT2D eigenvalue weighted by Gasteiger charge is 2.27. The van der Waals surface area contributed by atoms with Crippen molar-refractivity contribution in [1.29, 1.82) is 0 Å². The number of rotatable bonds is 9. The van der Waals surface area contributed by atoms with Crippen molar-refractivity contribution in [3.05, 3.63) is 71.9 Å². The Bertz CT molecular complexity index is 980. The van der Waals surface area contributed by atoms with Gasteiger partial charge in [-0.15, -0.1) is 0 Å². The van der Waals surface area contributed by atoms with E-state index in [2.05, 4.69) is 20.4 Å². The third-order valence-electron chi connectivity index (χ3n) is 5.27. The molecule has 4 rings (SSSR count). The molecule has 1 aliphatic carbocycles. The lowest BCUT2D eigenvalue weighted by Crippen LogP contribution is -2.20. The van der Waals surface area contributed by atoms with E-state index in [1.165, 1.54) is 6.33 Å². The molecule has 2 atom stereocenters. The first-order valence-electron chi connectivity index (χ1n) is 9.90. The highest BCUT2D eigenvalue weighted by molar-refractivity contribution is 7.92. The van der Waals surface area contributed by atoms with E-state index in [1.807, 2.05) is 36.5 Å². The van der Waals surface area contributed by atoms with Crippen LogP contribution in [-0.2, 0) is 10.7 Å². The average molecular weight is 425 g/mol. The van der Waals surface area contributed by atoms with Crippen molar-refractivity contribution in [3.8, 4) is 0 Å². The third-order valence-corrected chi connectivity index (χ3v) is 5.54. The van der Waals surface area contributed by atoms with Crippen LogP contribution in [0.5, 0.6) is 0 Å². The molecular formula is C21H24N6O2S. The van der Waals surface area contributed by atoms with Gasteiger partial charge in [0, 0.05) is 18.4 Å². The molecule has 1 aliphatic rings. The van der Waals surface area contributed by atoms with Crippen molar-refractivity contribution in [2.24, 2.45) is 11.1 Å². The first kappa shape index (κ1) is 20.5. The fourth-order valence-electron chi connectivity index (χ4n) is 3.78. The summed E-state index contributed by atoms with van der Waals surface area (Å²) in [6.07, 6.45) is 7.81. The summed E-state index contributed by atoms with van der Waals surface area (Å²) in [7, 11) is 0. The van der Waals surface area contributed by atoms with E-state index < -0.39 is 0 Å². The number of carbonyl (C=O) groups excluding carboxylic acids is 1. The zero-order valence-corrected chi connectivity index (χ0v) is 17.3. The summed E-state index contributed by atoms with van der Waals surface area (Å²) in [5.74, 6) is 0.808. The molecule has 30 heavy (non-hydrogen) atoms. The summed E-state index contributed by atoms with van der Waals surface area (Å²) in [6, 6.07) is 12.0. The van der Waals surface area contributed by atoms with Gasteiger partial charge in [-0.3, -0.25) is 14.6 Å². The Hall–Kier alpha value is -2.75. The van der Waals surface area contributed by atoms with Crippen molar-refractivity contribution in [2.75, 3.05) is 11.9 Å². The van der Waals surface area contributed by atoms with Gasteiger partial charge in [0.2, 0.25) is 5.78 Å². The molecule has 8 nitrogen and oxygen atoms in total. The van der Waals surface area contributed by atoms with E-state index in [-0.39, 0.29) is 11.8 Å². The first-order valence-corrected chi connectivity index (χ1v) is 10.7. The van der Waals surface area contributed by atoms with Crippen LogP contribution in [0.25, 0.3) is 0 Å². The minimum atomic E-state index is -0.192. The molecule has 0 saturated heterocycles. The number of carbonyl (C=O) groups is 1. The summed E-state index contributed by atoms with van der Waals surface area (Å²) in [5, 5.41) is 13.2. The quantitative estimate of drug-likeness (QED) is 0.307. The molecule has 0 spiro atoms. The van der Waals surface area contributed by atoms with Crippen molar-refractivity contribution in [3.63, 3.8) is 0 Å². The Morgan fingerprint density at radius 2 is 2.13 bits per heavy atom. The maximum Gasteiger partial charge on any atom is 0.218 e. The molecule has 2 heterocycles. The molecule has 0 amide bonds. The van der Waals surface area contributed by atoms with Gasteiger partial charge in [0.15, 0.2) is 0 Å². The fraction of sp³-hybridized carbons (Fsp3) is 0.333. The van der Waals surface area contributed by atoms with E-state index >= 15 is 0 Å². The van der Waals surface area contributed by atoms with Crippen LogP contribution in [0.3, 0.4) is 0 Å². The lowest BCUT2D eigenvalue weighted by Gasteiger charge is -2.15. The van der Waals surface area contributed by atoms with Crippen LogP contribution >= 0.6 is 12.2 Å². The lowest BCUT2D eigenvalue weighted by atomic mass is 10.1. The SMILES string of the molecule is NSOCC1CCC(Nc2ncncc2C(=O)c2ccn(Cc3ccccc3)n2)C1. The van der Waals surface area contributed by atoms with Gasteiger partial charge < -0.3 is 9.50 Å². The van der Waals surface area contributed by atoms with Crippen molar-refractivity contribution in [2.45, 2.75) is 31.8 Å². The molecule has 1 fully saturated rings. The zero-order chi connectivity index (χ0) is 20.8. The first-order chi connectivity index (χ1) is 14.7. The molecule has 0 bridgehead atoms. The van der Waals surface area contributed by atoms with Gasteiger partial charge in [-0.25, -0.2) is 9.97 Å². The molecule has 1 saturated carbocycles. The minimum absolute atomic E-state index is 0.192. The van der Waals surface area contributed by atoms with Crippen LogP contribution in [0.4, 0.5) is 5.82 Å². The molecule has 1 aromatic carbocycles. The number of hydrogen-bond donors (Lipinski definition) is 2. The van der Waals surface area contributed by atoms with E-state index in [1.54, 1.807) is 16.9 Å². The largest absolute Gasteiger partial charge is 0.367 e. The Kier molecular flexibility index (Phi) is 6.73. The molecule has 156 valence electrons. The van der Waals surface area contributed by atoms with Crippen LogP contribution in [0, 0.1) is 5.92 Å². The smallest absolute Gasteiger partial charge is 0.218 e. The van der Waals surface area contributed by atoms with Crippen LogP contribution in [-0.4, -0.2) is 38.2 Å². The highest BCUT2D eigenvalue weighted by atomic mass is 32.2. The van der Waals surface area contributed by atoms with Gasteiger partial charge in [0.05, 0.1) is 30.9 Å². The molecule has 2 unspecified atom stereocenters. The van der Waals surface area contributed by atoms with Crippen molar-refractivity contribution >= 4 is 23.8 Å². The van der Waals surface area contributed by atoms with E-state index in [4.69, 9.17) is 9.32 Å². The number of nitrogens with one attached hydrogen (secondary N) is 1. The second-order valence-electron chi connectivity index (χ2n) is 7.40. The Balaban J connectivity index is 1.44. The maximum absolute atomic E-state index is 13.1. The van der Waals surface area contributed by atoms with Gasteiger partial charge in [0.25, 0.3) is 0 Å². The second-order valence-corrected chi connectivity index (χ2v) is 7.83. The molecule has 0 radical (unpaired) electrons. The van der Waals surface area contributed by atoms with E-state index in [0.717, 1.165) is 37.1 Å². The fourth-order valence-corrected chi connectivity index (χ4v) is 4.05. The number of benzene rings is 1. The minimum Gasteiger partial charge on any atom is -0.367 e. The summed E-state index contributed by atoms with van der Waals surface area (Å²) < 4.78 is 7.02. The molecular weight excluding hydrogens is 400 g/mol. The number of aromatic nitrogens is 4. The summed E-state index contributed by atoms with van der Waals surface area (Å²) in [5.41, 5.74) is 1.93. The highest BCUT2D eigenvalue weighted by Crippen LogP contribution is 2.29. The monoisotopic (exact) mass is 424 g/mol. The Labute approximate surface area is 179 Å². The summed E-state index contributed by atoms with van der Waals surface area (Å²) in [4.78, 5) is 21.5. The molecule has 0 aliphatic heterocycles. The van der Waals surface area contributed by atoms with Gasteiger partial charge in [-0.2, -0.15) is 5.10 Å². The molecule has 2 aromatic heterocycles. The second kappa shape index (κ2) is 9.84. The average Bonchev–Trinajstić information content (AvgIpc) is 3.42. The predicted molar refractivity (Wildman–Crippen MR) is 116 cm³/mol. The van der Waals surface area contributed by atoms with Gasteiger partial charge >= 0.3 is 0 Å². The molecule has 3 aromatic rings. The lowest BCUT2D eigenvalue weighted by molar-refractivity contribution is 0.103. The molecule has 3 N–H and O–H groups in total. The van der Waals surface area contributed by atoms with E-state index in [0.29, 0.717) is 36.1 Å². The van der Waals surface area contributed by atoms with Gasteiger partial charge in [-0.1, -0.05) is 30.3 Å². The number of nitrogens with two attached hydrogens (primary N) is 1. The Morgan fingerprint density at radius 3 is 2.97 bits per heavy atom. The van der Waals surface area contributed by atoms with Crippen molar-refractivity contribution in [1.82, 2.24) is 19.7 Å². The molecule has 9 heteroatoms. The third kappa shape index (κ3) is 5.05. The van der Waals surface area contributed by atoms with Crippen molar-refractivity contribution < 1.29 is 8.98 Å². The normalized spacial score (nSPS) is 18.4. The standard InChI is InChI=1S/C21H24N6O2S/c22-30-29-13-16-6-7-17(10-16)25-21-18(11-23-14-24-21)20(28)19-8-9-27(26-19)12-15-4-2-1-3-5-15/h1-5,8-9,11,14,16-17H,6-7,10,12-13,22H2,(H,23,24,25). The van der Waals surface area contributed by atoms with Crippen LogP contribution < -0.4 is 10.5 Å². The van der Waals surface area contributed by atoms with Gasteiger partial charge in [-0.05, 0) is 36.8 Å². The van der Waals surface area contributed by atoms with Gasteiger partial charge in [0.1, 0.15) is 17.8 Å². The number of nitrogens with zero attached hydrogens (tertiary/aromatic N) is 4. The zero-order valence-electron chi connectivity index (χ0n) is 16.5. The summed E-state index contributed by atoms with van der Waals surface area (Å²) >= 11 is 0.905. The van der Waals surface area contributed by atoms with E-state index in [9.17, 15) is 4.79 Å².